The van der Waals surface area contributed by atoms with Gasteiger partial charge >= 0.3 is 6.18 Å². The van der Waals surface area contributed by atoms with Crippen LogP contribution in [0, 0.1) is 5.92 Å². The number of piperidine rings is 1. The van der Waals surface area contributed by atoms with Gasteiger partial charge in [0, 0.05) is 36.7 Å². The van der Waals surface area contributed by atoms with Crippen molar-refractivity contribution in [3.8, 4) is 5.69 Å². The average molecular weight is 478 g/mol. The zero-order valence-corrected chi connectivity index (χ0v) is 18.6. The molecule has 1 N–H and O–H groups in total. The highest BCUT2D eigenvalue weighted by Gasteiger charge is 2.34. The van der Waals surface area contributed by atoms with E-state index in [2.05, 4.69) is 22.3 Å². The van der Waals surface area contributed by atoms with Gasteiger partial charge in [-0.15, -0.1) is 0 Å². The summed E-state index contributed by atoms with van der Waals surface area (Å²) in [6.07, 6.45) is 1.56. The lowest BCUT2D eigenvalue weighted by Crippen LogP contribution is -2.51. The maximum atomic E-state index is 13.6. The van der Waals surface area contributed by atoms with Gasteiger partial charge in [0.25, 0.3) is 5.91 Å². The van der Waals surface area contributed by atoms with Crippen LogP contribution in [0.4, 0.5) is 19.0 Å². The van der Waals surface area contributed by atoms with E-state index < -0.39 is 11.7 Å². The van der Waals surface area contributed by atoms with Crippen LogP contribution in [0.1, 0.15) is 35.7 Å². The third-order valence-corrected chi connectivity index (χ3v) is 6.13. The van der Waals surface area contributed by atoms with Gasteiger partial charge in [0.1, 0.15) is 5.82 Å². The summed E-state index contributed by atoms with van der Waals surface area (Å²) in [5.74, 6) is 0.354. The predicted octanol–water partition coefficient (Wildman–Crippen LogP) is 5.29. The van der Waals surface area contributed by atoms with Crippen LogP contribution in [-0.2, 0) is 6.18 Å². The van der Waals surface area contributed by atoms with E-state index in [1.54, 1.807) is 41.3 Å². The molecule has 1 fully saturated rings. The van der Waals surface area contributed by atoms with Gasteiger partial charge in [0.2, 0.25) is 0 Å². The fourth-order valence-corrected chi connectivity index (χ4v) is 4.31. The van der Waals surface area contributed by atoms with Crippen LogP contribution in [0.2, 0.25) is 5.02 Å². The molecule has 174 valence electrons. The summed E-state index contributed by atoms with van der Waals surface area (Å²) >= 11 is 6.21. The van der Waals surface area contributed by atoms with E-state index in [0.29, 0.717) is 35.2 Å². The molecule has 1 saturated heterocycles. The fourth-order valence-electron chi connectivity index (χ4n) is 4.13. The maximum absolute atomic E-state index is 13.6. The quantitative estimate of drug-likeness (QED) is 0.542. The normalized spacial score (nSPS) is 18.9. The summed E-state index contributed by atoms with van der Waals surface area (Å²) < 4.78 is 40.0. The minimum Gasteiger partial charge on any atom is -0.368 e. The molecule has 0 bridgehead atoms. The van der Waals surface area contributed by atoms with E-state index >= 15 is 0 Å². The van der Waals surface area contributed by atoms with Gasteiger partial charge in [0.05, 0.1) is 22.9 Å². The van der Waals surface area contributed by atoms with Gasteiger partial charge in [-0.05, 0) is 55.2 Å². The lowest BCUT2D eigenvalue weighted by Gasteiger charge is -2.40. The van der Waals surface area contributed by atoms with E-state index in [9.17, 15) is 18.0 Å². The largest absolute Gasteiger partial charge is 0.417 e. The number of hydrogen-bond donors (Lipinski definition) is 1. The highest BCUT2D eigenvalue weighted by Crippen LogP contribution is 2.30. The van der Waals surface area contributed by atoms with Gasteiger partial charge in [0.15, 0.2) is 0 Å². The third kappa shape index (κ3) is 5.13. The molecule has 3 aromatic rings. The molecule has 1 aliphatic rings. The van der Waals surface area contributed by atoms with Gasteiger partial charge in [-0.1, -0.05) is 18.5 Å². The van der Waals surface area contributed by atoms with E-state index in [1.807, 2.05) is 4.90 Å². The molecule has 3 heterocycles. The second-order valence-corrected chi connectivity index (χ2v) is 8.54. The van der Waals surface area contributed by atoms with Crippen molar-refractivity contribution in [2.45, 2.75) is 32.0 Å². The molecule has 1 aliphatic heterocycles. The summed E-state index contributed by atoms with van der Waals surface area (Å²) in [5.41, 5.74) is 0.268. The van der Waals surface area contributed by atoms with Crippen LogP contribution < -0.4 is 5.32 Å². The highest BCUT2D eigenvalue weighted by atomic mass is 35.5. The Labute approximate surface area is 194 Å². The number of rotatable bonds is 5. The lowest BCUT2D eigenvalue weighted by molar-refractivity contribution is -0.137. The predicted molar refractivity (Wildman–Crippen MR) is 120 cm³/mol. The smallest absolute Gasteiger partial charge is 0.368 e. The van der Waals surface area contributed by atoms with Crippen LogP contribution in [0.3, 0.4) is 0 Å². The van der Waals surface area contributed by atoms with Crippen molar-refractivity contribution >= 4 is 23.3 Å². The maximum Gasteiger partial charge on any atom is 0.417 e. The number of likely N-dealkylation sites (tertiary alicyclic amines) is 1. The Hall–Kier alpha value is -3.07. The van der Waals surface area contributed by atoms with Gasteiger partial charge in [-0.2, -0.15) is 18.3 Å². The van der Waals surface area contributed by atoms with Gasteiger partial charge < -0.3 is 10.2 Å². The number of benzene rings is 1. The van der Waals surface area contributed by atoms with Crippen LogP contribution in [0.5, 0.6) is 0 Å². The number of anilines is 1. The summed E-state index contributed by atoms with van der Waals surface area (Å²) in [4.78, 5) is 19.3. The number of alkyl halides is 3. The Morgan fingerprint density at radius 2 is 2.09 bits per heavy atom. The minimum atomic E-state index is -4.43. The lowest BCUT2D eigenvalue weighted by atomic mass is 9.90. The van der Waals surface area contributed by atoms with Crippen molar-refractivity contribution in [2.75, 3.05) is 18.4 Å². The van der Waals surface area contributed by atoms with E-state index in [1.165, 1.54) is 6.07 Å². The Balaban J connectivity index is 1.55. The molecule has 1 amide bonds. The summed E-state index contributed by atoms with van der Waals surface area (Å²) in [7, 11) is 0. The van der Waals surface area contributed by atoms with Crippen molar-refractivity contribution in [1.82, 2.24) is 19.7 Å². The Bertz CT molecular complexity index is 1100. The number of aromatic nitrogens is 3. The SMILES string of the molecule is C[C@@H]1CCCN(C(=O)c2cc(Cl)ccc2-n2cccn2)[C@@H]1CNc1ccc(C(F)(F)F)cn1. The number of halogens is 4. The molecule has 33 heavy (non-hydrogen) atoms. The Morgan fingerprint density at radius 1 is 1.27 bits per heavy atom. The molecule has 2 aromatic heterocycles. The molecule has 4 rings (SSSR count). The van der Waals surface area contributed by atoms with Gasteiger partial charge in [-0.3, -0.25) is 4.79 Å². The van der Waals surface area contributed by atoms with Crippen molar-refractivity contribution in [3.05, 3.63) is 71.1 Å². The first-order chi connectivity index (χ1) is 15.7. The Kier molecular flexibility index (Phi) is 6.60. The molecule has 6 nitrogen and oxygen atoms in total. The van der Waals surface area contributed by atoms with Crippen LogP contribution in [-0.4, -0.2) is 44.7 Å². The van der Waals surface area contributed by atoms with Crippen LogP contribution in [0.25, 0.3) is 5.69 Å². The van der Waals surface area contributed by atoms with Crippen molar-refractivity contribution in [3.63, 3.8) is 0 Å². The van der Waals surface area contributed by atoms with E-state index in [-0.39, 0.29) is 17.9 Å². The molecule has 0 radical (unpaired) electrons. The van der Waals surface area contributed by atoms with Crippen molar-refractivity contribution < 1.29 is 18.0 Å². The van der Waals surface area contributed by atoms with Gasteiger partial charge in [-0.25, -0.2) is 9.67 Å². The molecule has 0 saturated carbocycles. The fraction of sp³-hybridized carbons (Fsp3) is 0.348. The molecular weight excluding hydrogens is 455 g/mol. The molecule has 10 heteroatoms. The molecule has 0 unspecified atom stereocenters. The zero-order valence-electron chi connectivity index (χ0n) is 17.9. The first-order valence-corrected chi connectivity index (χ1v) is 11.0. The number of nitrogens with zero attached hydrogens (tertiary/aromatic N) is 4. The van der Waals surface area contributed by atoms with Crippen LogP contribution in [0.15, 0.2) is 55.0 Å². The zero-order chi connectivity index (χ0) is 23.6. The molecule has 0 spiro atoms. The Morgan fingerprint density at radius 3 is 2.76 bits per heavy atom. The second-order valence-electron chi connectivity index (χ2n) is 8.11. The minimum absolute atomic E-state index is 0.165. The highest BCUT2D eigenvalue weighted by molar-refractivity contribution is 6.31. The first-order valence-electron chi connectivity index (χ1n) is 10.6. The van der Waals surface area contributed by atoms with Crippen LogP contribution >= 0.6 is 11.6 Å². The third-order valence-electron chi connectivity index (χ3n) is 5.90. The molecule has 2 atom stereocenters. The number of hydrogen-bond acceptors (Lipinski definition) is 4. The van der Waals surface area contributed by atoms with Crippen molar-refractivity contribution in [2.24, 2.45) is 5.92 Å². The summed E-state index contributed by atoms with van der Waals surface area (Å²) in [6.45, 7) is 3.00. The number of nitrogens with one attached hydrogen (secondary N) is 1. The summed E-state index contributed by atoms with van der Waals surface area (Å²) in [5, 5.41) is 7.79. The average Bonchev–Trinajstić information content (AvgIpc) is 3.32. The van der Waals surface area contributed by atoms with E-state index in [0.717, 1.165) is 25.1 Å². The topological polar surface area (TPSA) is 63.1 Å². The number of carbonyl (C=O) groups excluding carboxylic acids is 1. The molecule has 0 aliphatic carbocycles. The standard InChI is InChI=1S/C23H23ClF3N5O/c1-15-4-2-10-31(20(15)14-29-21-8-5-16(13-28-21)23(25,26)27)22(33)18-12-17(24)6-7-19(18)32-11-3-9-30-32/h3,5-9,11-13,15,20H,2,4,10,14H2,1H3,(H,28,29)/t15-,20-/m1/s1. The van der Waals surface area contributed by atoms with E-state index in [4.69, 9.17) is 11.6 Å². The van der Waals surface area contributed by atoms with Crippen molar-refractivity contribution in [1.29, 1.82) is 0 Å². The summed E-state index contributed by atoms with van der Waals surface area (Å²) in [6, 6.07) is 9.01. The molecular formula is C23H23ClF3N5O. The molecule has 1 aromatic carbocycles. The first kappa shape index (κ1) is 23.1. The number of carbonyl (C=O) groups is 1. The monoisotopic (exact) mass is 477 g/mol. The number of pyridine rings is 1. The second kappa shape index (κ2) is 9.43. The number of amides is 1.